The minimum absolute atomic E-state index is 0. The van der Waals surface area contributed by atoms with Crippen molar-refractivity contribution < 1.29 is 0 Å². The lowest BCUT2D eigenvalue weighted by Gasteiger charge is -2.09. The van der Waals surface area contributed by atoms with Gasteiger partial charge in [0.15, 0.2) is 5.96 Å². The summed E-state index contributed by atoms with van der Waals surface area (Å²) >= 11 is 1.72. The molecule has 0 fully saturated rings. The second-order valence-corrected chi connectivity index (χ2v) is 4.38. The first kappa shape index (κ1) is 16.6. The number of nitrogens with one attached hydrogen (secondary N) is 2. The summed E-state index contributed by atoms with van der Waals surface area (Å²) in [5.41, 5.74) is 1.08. The van der Waals surface area contributed by atoms with Crippen molar-refractivity contribution in [2.75, 3.05) is 13.6 Å². The lowest BCUT2D eigenvalue weighted by Crippen LogP contribution is -2.37. The first-order chi connectivity index (χ1) is 7.80. The van der Waals surface area contributed by atoms with Crippen LogP contribution in [0.2, 0.25) is 0 Å². The Kier molecular flexibility index (Phi) is 9.43. The van der Waals surface area contributed by atoms with Crippen LogP contribution in [0.5, 0.6) is 0 Å². The van der Waals surface area contributed by atoms with Gasteiger partial charge < -0.3 is 10.6 Å². The number of aryl methyl sites for hydroxylation is 1. The van der Waals surface area contributed by atoms with Crippen LogP contribution in [0.1, 0.15) is 31.0 Å². The van der Waals surface area contributed by atoms with Crippen LogP contribution in [-0.4, -0.2) is 24.5 Å². The summed E-state index contributed by atoms with van der Waals surface area (Å²) in [4.78, 5) is 8.63. The number of thiazole rings is 1. The van der Waals surface area contributed by atoms with Crippen LogP contribution in [0, 0.1) is 0 Å². The van der Waals surface area contributed by atoms with Crippen molar-refractivity contribution in [2.45, 2.75) is 33.2 Å². The van der Waals surface area contributed by atoms with Gasteiger partial charge in [-0.2, -0.15) is 0 Å². The quantitative estimate of drug-likeness (QED) is 0.477. The van der Waals surface area contributed by atoms with E-state index >= 15 is 0 Å². The molecule has 0 aromatic carbocycles. The van der Waals surface area contributed by atoms with Crippen molar-refractivity contribution in [2.24, 2.45) is 4.99 Å². The van der Waals surface area contributed by atoms with Gasteiger partial charge in [-0.25, -0.2) is 4.98 Å². The molecule has 1 aromatic heterocycles. The lowest BCUT2D eigenvalue weighted by atomic mass is 10.4. The molecule has 1 heterocycles. The average molecular weight is 368 g/mol. The van der Waals surface area contributed by atoms with E-state index in [4.69, 9.17) is 0 Å². The smallest absolute Gasteiger partial charge is 0.191 e. The van der Waals surface area contributed by atoms with Crippen molar-refractivity contribution in [1.29, 1.82) is 0 Å². The monoisotopic (exact) mass is 368 g/mol. The Labute approximate surface area is 124 Å². The summed E-state index contributed by atoms with van der Waals surface area (Å²) in [5.74, 6) is 0.841. The van der Waals surface area contributed by atoms with Crippen LogP contribution in [0.25, 0.3) is 0 Å². The topological polar surface area (TPSA) is 49.3 Å². The third-order valence-electron chi connectivity index (χ3n) is 2.10. The summed E-state index contributed by atoms with van der Waals surface area (Å²) in [6, 6.07) is 0. The molecule has 0 spiro atoms. The zero-order valence-electron chi connectivity index (χ0n) is 10.6. The van der Waals surface area contributed by atoms with Crippen molar-refractivity contribution >= 4 is 41.3 Å². The zero-order chi connectivity index (χ0) is 11.8. The summed E-state index contributed by atoms with van der Waals surface area (Å²) in [6.07, 6.45) is 2.10. The van der Waals surface area contributed by atoms with E-state index < -0.39 is 0 Å². The summed E-state index contributed by atoms with van der Waals surface area (Å²) in [6.45, 7) is 5.93. The maximum absolute atomic E-state index is 4.49. The van der Waals surface area contributed by atoms with Gasteiger partial charge in [-0.3, -0.25) is 4.99 Å². The van der Waals surface area contributed by atoms with Gasteiger partial charge in [-0.15, -0.1) is 35.3 Å². The first-order valence-electron chi connectivity index (χ1n) is 5.67. The van der Waals surface area contributed by atoms with Crippen LogP contribution in [-0.2, 0) is 13.0 Å². The molecular formula is C11H21IN4S. The molecule has 1 aromatic rings. The predicted molar refractivity (Wildman–Crippen MR) is 85.4 cm³/mol. The van der Waals surface area contributed by atoms with Crippen LogP contribution in [0.15, 0.2) is 10.4 Å². The molecule has 0 aliphatic carbocycles. The van der Waals surface area contributed by atoms with Gasteiger partial charge in [-0.05, 0) is 12.8 Å². The van der Waals surface area contributed by atoms with Gasteiger partial charge in [0.2, 0.25) is 0 Å². The molecule has 0 saturated carbocycles. The summed E-state index contributed by atoms with van der Waals surface area (Å²) in [5, 5.41) is 9.75. The Balaban J connectivity index is 0.00000256. The Bertz CT molecular complexity index is 338. The fourth-order valence-corrected chi connectivity index (χ4v) is 1.98. The number of hydrogen-bond donors (Lipinski definition) is 2. The van der Waals surface area contributed by atoms with E-state index in [9.17, 15) is 0 Å². The van der Waals surface area contributed by atoms with Gasteiger partial charge in [0.25, 0.3) is 0 Å². The predicted octanol–water partition coefficient (Wildman–Crippen LogP) is 2.40. The third kappa shape index (κ3) is 6.21. The highest BCUT2D eigenvalue weighted by molar-refractivity contribution is 14.0. The largest absolute Gasteiger partial charge is 0.356 e. The Morgan fingerprint density at radius 1 is 1.41 bits per heavy atom. The van der Waals surface area contributed by atoms with E-state index in [-0.39, 0.29) is 24.0 Å². The average Bonchev–Trinajstić information content (AvgIpc) is 2.77. The summed E-state index contributed by atoms with van der Waals surface area (Å²) < 4.78 is 0. The Morgan fingerprint density at radius 2 is 2.18 bits per heavy atom. The molecule has 0 amide bonds. The van der Waals surface area contributed by atoms with Crippen molar-refractivity contribution in [1.82, 2.24) is 15.6 Å². The highest BCUT2D eigenvalue weighted by Crippen LogP contribution is 2.09. The van der Waals surface area contributed by atoms with Gasteiger partial charge >= 0.3 is 0 Å². The van der Waals surface area contributed by atoms with E-state index in [1.54, 1.807) is 18.4 Å². The van der Waals surface area contributed by atoms with Crippen LogP contribution < -0.4 is 10.6 Å². The van der Waals surface area contributed by atoms with E-state index in [1.165, 1.54) is 5.01 Å². The normalized spacial score (nSPS) is 10.9. The van der Waals surface area contributed by atoms with Crippen molar-refractivity contribution in [3.8, 4) is 0 Å². The molecule has 0 aliphatic heterocycles. The number of hydrogen-bond acceptors (Lipinski definition) is 3. The van der Waals surface area contributed by atoms with Crippen LogP contribution in [0.4, 0.5) is 0 Å². The number of aromatic nitrogens is 1. The van der Waals surface area contributed by atoms with Crippen molar-refractivity contribution in [3.63, 3.8) is 0 Å². The Morgan fingerprint density at radius 3 is 2.71 bits per heavy atom. The number of aliphatic imine (C=N–C) groups is 1. The second-order valence-electron chi connectivity index (χ2n) is 3.44. The molecule has 0 radical (unpaired) electrons. The molecule has 4 nitrogen and oxygen atoms in total. The standard InChI is InChI=1S/C11H20N4S.HI/c1-4-6-13-11(12-3)14-7-9-8-16-10(5-2)15-9;/h8H,4-7H2,1-3H3,(H2,12,13,14);1H. The molecule has 17 heavy (non-hydrogen) atoms. The summed E-state index contributed by atoms with van der Waals surface area (Å²) in [7, 11) is 1.78. The molecule has 0 aliphatic rings. The molecule has 0 bridgehead atoms. The number of guanidine groups is 1. The maximum atomic E-state index is 4.49. The van der Waals surface area contributed by atoms with E-state index in [0.29, 0.717) is 0 Å². The van der Waals surface area contributed by atoms with Crippen LogP contribution >= 0.6 is 35.3 Å². The van der Waals surface area contributed by atoms with E-state index in [1.807, 2.05) is 0 Å². The van der Waals surface area contributed by atoms with E-state index in [0.717, 1.165) is 37.6 Å². The SMILES string of the molecule is CCCNC(=NC)NCc1csc(CC)n1.I. The van der Waals surface area contributed by atoms with Gasteiger partial charge in [0.05, 0.1) is 17.2 Å². The number of rotatable bonds is 5. The van der Waals surface area contributed by atoms with Gasteiger partial charge in [0.1, 0.15) is 0 Å². The van der Waals surface area contributed by atoms with Crippen LogP contribution in [0.3, 0.4) is 0 Å². The van der Waals surface area contributed by atoms with Gasteiger partial charge in [-0.1, -0.05) is 13.8 Å². The van der Waals surface area contributed by atoms with E-state index in [2.05, 4.69) is 39.8 Å². The maximum Gasteiger partial charge on any atom is 0.191 e. The highest BCUT2D eigenvalue weighted by Gasteiger charge is 2.01. The van der Waals surface area contributed by atoms with Gasteiger partial charge in [0, 0.05) is 19.0 Å². The molecule has 2 N–H and O–H groups in total. The Hall–Kier alpha value is -0.370. The minimum Gasteiger partial charge on any atom is -0.356 e. The lowest BCUT2D eigenvalue weighted by molar-refractivity contribution is 0.773. The molecule has 1 rings (SSSR count). The zero-order valence-corrected chi connectivity index (χ0v) is 13.8. The molecule has 0 atom stereocenters. The number of nitrogens with zero attached hydrogens (tertiary/aromatic N) is 2. The fourth-order valence-electron chi connectivity index (χ4n) is 1.23. The molecule has 6 heteroatoms. The molecule has 98 valence electrons. The fraction of sp³-hybridized carbons (Fsp3) is 0.636. The molecule has 0 saturated heterocycles. The highest BCUT2D eigenvalue weighted by atomic mass is 127. The molecule has 0 unspecified atom stereocenters. The minimum atomic E-state index is 0. The molecular weight excluding hydrogens is 347 g/mol. The first-order valence-corrected chi connectivity index (χ1v) is 6.55. The third-order valence-corrected chi connectivity index (χ3v) is 3.15. The second kappa shape index (κ2) is 9.64. The number of halogens is 1. The van der Waals surface area contributed by atoms with Crippen molar-refractivity contribution in [3.05, 3.63) is 16.1 Å².